The summed E-state index contributed by atoms with van der Waals surface area (Å²) in [5, 5.41) is 4.28. The fraction of sp³-hybridized carbons (Fsp3) is 0.0588. The van der Waals surface area contributed by atoms with Gasteiger partial charge in [-0.1, -0.05) is 42.1 Å². The number of hydrogen-bond acceptors (Lipinski definition) is 4. The van der Waals surface area contributed by atoms with Crippen molar-refractivity contribution in [3.05, 3.63) is 77.6 Å². The maximum absolute atomic E-state index is 13.0. The van der Waals surface area contributed by atoms with Crippen LogP contribution in [-0.4, -0.2) is 10.9 Å². The van der Waals surface area contributed by atoms with Crippen LogP contribution >= 0.6 is 23.1 Å². The first-order valence-electron chi connectivity index (χ1n) is 6.90. The molecule has 0 saturated carbocycles. The lowest BCUT2D eigenvalue weighted by Gasteiger charge is -2.15. The van der Waals surface area contributed by atoms with Gasteiger partial charge in [-0.25, -0.2) is 9.37 Å². The minimum Gasteiger partial charge on any atom is -0.325 e. The van der Waals surface area contributed by atoms with Crippen LogP contribution in [0.4, 0.5) is 10.1 Å². The molecule has 3 nitrogen and oxygen atoms in total. The molecule has 1 unspecified atom stereocenters. The van der Waals surface area contributed by atoms with Crippen molar-refractivity contribution in [2.75, 3.05) is 5.32 Å². The molecule has 0 aliphatic heterocycles. The molecular weight excluding hydrogens is 331 g/mol. The molecule has 1 atom stereocenters. The number of hydrogen-bond donors (Lipinski definition) is 1. The molecule has 0 bridgehead atoms. The molecule has 3 rings (SSSR count). The number of rotatable bonds is 5. The quantitative estimate of drug-likeness (QED) is 0.679. The zero-order valence-corrected chi connectivity index (χ0v) is 13.6. The number of thioether (sulfide) groups is 1. The lowest BCUT2D eigenvalue weighted by molar-refractivity contribution is -0.115. The summed E-state index contributed by atoms with van der Waals surface area (Å²) in [6.07, 6.45) is 1.72. The molecule has 116 valence electrons. The highest BCUT2D eigenvalue weighted by Crippen LogP contribution is 2.37. The van der Waals surface area contributed by atoms with Gasteiger partial charge in [0.05, 0.1) is 0 Å². The van der Waals surface area contributed by atoms with Crippen molar-refractivity contribution in [1.82, 2.24) is 4.98 Å². The molecule has 23 heavy (non-hydrogen) atoms. The van der Waals surface area contributed by atoms with Crippen molar-refractivity contribution in [3.8, 4) is 0 Å². The van der Waals surface area contributed by atoms with E-state index in [-0.39, 0.29) is 11.7 Å². The van der Waals surface area contributed by atoms with Crippen LogP contribution in [0.25, 0.3) is 0 Å². The van der Waals surface area contributed by atoms with Gasteiger partial charge in [0.25, 0.3) is 0 Å². The lowest BCUT2D eigenvalue weighted by Crippen LogP contribution is -2.19. The Morgan fingerprint density at radius 1 is 1.13 bits per heavy atom. The summed E-state index contributed by atoms with van der Waals surface area (Å²) in [5.41, 5.74) is 1.46. The summed E-state index contributed by atoms with van der Waals surface area (Å²) in [6, 6.07) is 15.3. The zero-order valence-electron chi connectivity index (χ0n) is 12.0. The fourth-order valence-corrected chi connectivity index (χ4v) is 3.83. The number of benzene rings is 2. The van der Waals surface area contributed by atoms with Gasteiger partial charge in [-0.15, -0.1) is 11.3 Å². The van der Waals surface area contributed by atoms with Gasteiger partial charge in [-0.05, 0) is 29.8 Å². The Hall–Kier alpha value is -2.18. The van der Waals surface area contributed by atoms with Crippen molar-refractivity contribution >= 4 is 34.7 Å². The summed E-state index contributed by atoms with van der Waals surface area (Å²) in [6.45, 7) is 0. The second-order valence-corrected chi connectivity index (χ2v) is 6.95. The smallest absolute Gasteiger partial charge is 0.242 e. The highest BCUT2D eigenvalue weighted by atomic mass is 32.2. The molecule has 0 spiro atoms. The normalized spacial score (nSPS) is 11.9. The van der Waals surface area contributed by atoms with Gasteiger partial charge < -0.3 is 5.32 Å². The van der Waals surface area contributed by atoms with E-state index in [0.29, 0.717) is 5.69 Å². The molecule has 0 fully saturated rings. The monoisotopic (exact) mass is 344 g/mol. The number of anilines is 1. The van der Waals surface area contributed by atoms with E-state index in [0.717, 1.165) is 9.90 Å². The number of carbonyl (C=O) groups excluding carboxylic acids is 1. The summed E-state index contributed by atoms with van der Waals surface area (Å²) < 4.78 is 13.8. The third-order valence-electron chi connectivity index (χ3n) is 3.08. The number of halogens is 1. The SMILES string of the molecule is O=C(Nc1ccc(F)cc1)C(Sc1nccs1)c1ccccc1. The third kappa shape index (κ3) is 4.18. The van der Waals surface area contributed by atoms with Crippen molar-refractivity contribution in [2.45, 2.75) is 9.59 Å². The number of nitrogens with one attached hydrogen (secondary N) is 1. The number of thiazole rings is 1. The lowest BCUT2D eigenvalue weighted by atomic mass is 10.1. The Balaban J connectivity index is 1.82. The summed E-state index contributed by atoms with van der Waals surface area (Å²) in [4.78, 5) is 16.9. The molecule has 1 aromatic heterocycles. The first-order chi connectivity index (χ1) is 11.2. The van der Waals surface area contributed by atoms with Gasteiger partial charge >= 0.3 is 0 Å². The van der Waals surface area contributed by atoms with Crippen LogP contribution in [-0.2, 0) is 4.79 Å². The Bertz CT molecular complexity index is 761. The maximum Gasteiger partial charge on any atom is 0.242 e. The Morgan fingerprint density at radius 3 is 2.52 bits per heavy atom. The molecule has 1 N–H and O–H groups in total. The van der Waals surface area contributed by atoms with Crippen LogP contribution in [0.15, 0.2) is 70.5 Å². The van der Waals surface area contributed by atoms with Crippen LogP contribution in [0.2, 0.25) is 0 Å². The largest absolute Gasteiger partial charge is 0.325 e. The van der Waals surface area contributed by atoms with Gasteiger partial charge in [0.15, 0.2) is 4.34 Å². The van der Waals surface area contributed by atoms with Crippen LogP contribution in [0.3, 0.4) is 0 Å². The highest BCUT2D eigenvalue weighted by Gasteiger charge is 2.23. The van der Waals surface area contributed by atoms with Crippen molar-refractivity contribution in [2.24, 2.45) is 0 Å². The van der Waals surface area contributed by atoms with Gasteiger partial charge in [0, 0.05) is 17.3 Å². The van der Waals surface area contributed by atoms with Gasteiger partial charge in [0.1, 0.15) is 11.1 Å². The molecule has 2 aromatic carbocycles. The van der Waals surface area contributed by atoms with Crippen molar-refractivity contribution in [1.29, 1.82) is 0 Å². The first kappa shape index (κ1) is 15.7. The predicted octanol–water partition coefficient (Wildman–Crippen LogP) is 4.75. The minimum atomic E-state index is -0.424. The van der Waals surface area contributed by atoms with Gasteiger partial charge in [-0.2, -0.15) is 0 Å². The number of aromatic nitrogens is 1. The molecule has 3 aromatic rings. The second kappa shape index (κ2) is 7.39. The van der Waals surface area contributed by atoms with Crippen LogP contribution in [0.1, 0.15) is 10.8 Å². The van der Waals surface area contributed by atoms with Crippen molar-refractivity contribution < 1.29 is 9.18 Å². The van der Waals surface area contributed by atoms with E-state index in [1.807, 2.05) is 35.7 Å². The first-order valence-corrected chi connectivity index (χ1v) is 8.66. The molecule has 0 aliphatic rings. The van der Waals surface area contributed by atoms with E-state index < -0.39 is 5.25 Å². The highest BCUT2D eigenvalue weighted by molar-refractivity contribution is 8.01. The van der Waals surface area contributed by atoms with Gasteiger partial charge in [0.2, 0.25) is 5.91 Å². The third-order valence-corrected chi connectivity index (χ3v) is 5.25. The molecule has 0 radical (unpaired) electrons. The summed E-state index contributed by atoms with van der Waals surface area (Å²) in [5.74, 6) is -0.497. The Labute approximate surface area is 141 Å². The average molecular weight is 344 g/mol. The van der Waals surface area contributed by atoms with E-state index in [2.05, 4.69) is 10.3 Å². The average Bonchev–Trinajstić information content (AvgIpc) is 3.09. The molecule has 0 saturated heterocycles. The van der Waals surface area contributed by atoms with E-state index in [1.165, 1.54) is 35.2 Å². The van der Waals surface area contributed by atoms with E-state index in [9.17, 15) is 9.18 Å². The minimum absolute atomic E-state index is 0.164. The summed E-state index contributed by atoms with van der Waals surface area (Å²) >= 11 is 2.89. The van der Waals surface area contributed by atoms with Crippen LogP contribution in [0.5, 0.6) is 0 Å². The molecule has 6 heteroatoms. The molecule has 0 aliphatic carbocycles. The summed E-state index contributed by atoms with van der Waals surface area (Å²) in [7, 11) is 0. The van der Waals surface area contributed by atoms with Crippen molar-refractivity contribution in [3.63, 3.8) is 0 Å². The number of amides is 1. The predicted molar refractivity (Wildman–Crippen MR) is 92.2 cm³/mol. The van der Waals surface area contributed by atoms with E-state index >= 15 is 0 Å². The Morgan fingerprint density at radius 2 is 1.87 bits per heavy atom. The topological polar surface area (TPSA) is 42.0 Å². The van der Waals surface area contributed by atoms with E-state index in [4.69, 9.17) is 0 Å². The number of carbonyl (C=O) groups is 1. The second-order valence-electron chi connectivity index (χ2n) is 4.70. The van der Waals surface area contributed by atoms with Crippen LogP contribution < -0.4 is 5.32 Å². The number of nitrogens with zero attached hydrogens (tertiary/aromatic N) is 1. The molecule has 1 heterocycles. The van der Waals surface area contributed by atoms with Crippen LogP contribution in [0, 0.1) is 5.82 Å². The molecule has 1 amide bonds. The van der Waals surface area contributed by atoms with E-state index in [1.54, 1.807) is 18.3 Å². The van der Waals surface area contributed by atoms with Gasteiger partial charge in [-0.3, -0.25) is 4.79 Å². The fourth-order valence-electron chi connectivity index (χ4n) is 2.01. The Kier molecular flexibility index (Phi) is 5.05. The molecular formula is C17H13FN2OS2. The zero-order chi connectivity index (χ0) is 16.1. The standard InChI is InChI=1S/C17H13FN2OS2/c18-13-6-8-14(9-7-13)20-16(21)15(12-4-2-1-3-5-12)23-17-19-10-11-22-17/h1-11,15H,(H,20,21). The maximum atomic E-state index is 13.0.